The Balaban J connectivity index is 1.63. The van der Waals surface area contributed by atoms with Crippen molar-refractivity contribution in [3.63, 3.8) is 0 Å². The van der Waals surface area contributed by atoms with Gasteiger partial charge in [0.1, 0.15) is 0 Å². The maximum atomic E-state index is 5.85. The Morgan fingerprint density at radius 2 is 1.70 bits per heavy atom. The minimum absolute atomic E-state index is 0.488. The Labute approximate surface area is 123 Å². The molecule has 4 fully saturated rings. The third-order valence-corrected chi connectivity index (χ3v) is 6.90. The number of fused-ring (bicyclic) bond motifs is 1. The second-order valence-corrected chi connectivity index (χ2v) is 8.49. The molecule has 2 aromatic rings. The number of aromatic nitrogens is 1. The lowest BCUT2D eigenvalue weighted by Crippen LogP contribution is -2.48. The lowest BCUT2D eigenvalue weighted by Gasteiger charge is -2.57. The van der Waals surface area contributed by atoms with E-state index in [1.807, 2.05) is 0 Å². The highest BCUT2D eigenvalue weighted by Crippen LogP contribution is 2.60. The normalized spacial score (nSPS) is 38.7. The van der Waals surface area contributed by atoms with E-state index in [2.05, 4.69) is 23.2 Å². The van der Waals surface area contributed by atoms with Crippen molar-refractivity contribution in [1.29, 1.82) is 0 Å². The Morgan fingerprint density at radius 3 is 2.35 bits per heavy atom. The number of anilines is 1. The first-order valence-corrected chi connectivity index (χ1v) is 8.68. The van der Waals surface area contributed by atoms with Crippen LogP contribution < -0.4 is 5.73 Å². The van der Waals surface area contributed by atoms with Crippen LogP contribution >= 0.6 is 11.3 Å². The van der Waals surface area contributed by atoms with Crippen molar-refractivity contribution < 1.29 is 0 Å². The van der Waals surface area contributed by atoms with Gasteiger partial charge in [0.25, 0.3) is 0 Å². The Morgan fingerprint density at radius 1 is 1.05 bits per heavy atom. The quantitative estimate of drug-likeness (QED) is 0.845. The molecule has 2 nitrogen and oxygen atoms in total. The first-order chi connectivity index (χ1) is 9.70. The molecule has 4 saturated carbocycles. The molecular formula is C17H20N2S. The molecule has 4 aliphatic rings. The van der Waals surface area contributed by atoms with Crippen molar-refractivity contribution in [1.82, 2.24) is 4.98 Å². The molecule has 2 N–H and O–H groups in total. The van der Waals surface area contributed by atoms with Crippen molar-refractivity contribution in [2.24, 2.45) is 17.8 Å². The molecule has 0 spiro atoms. The molecule has 0 atom stereocenters. The second-order valence-electron chi connectivity index (χ2n) is 7.43. The van der Waals surface area contributed by atoms with Gasteiger partial charge < -0.3 is 5.73 Å². The summed E-state index contributed by atoms with van der Waals surface area (Å²) in [6.45, 7) is 0. The zero-order valence-electron chi connectivity index (χ0n) is 11.6. The van der Waals surface area contributed by atoms with Crippen LogP contribution in [0.25, 0.3) is 10.2 Å². The van der Waals surface area contributed by atoms with Gasteiger partial charge in [-0.2, -0.15) is 0 Å². The monoisotopic (exact) mass is 284 g/mol. The predicted octanol–water partition coefficient (Wildman–Crippen LogP) is 4.35. The molecule has 1 aromatic heterocycles. The summed E-state index contributed by atoms with van der Waals surface area (Å²) in [5.74, 6) is 3.01. The summed E-state index contributed by atoms with van der Waals surface area (Å²) < 4.78 is 1.27. The highest BCUT2D eigenvalue weighted by Gasteiger charge is 2.51. The van der Waals surface area contributed by atoms with Crippen LogP contribution in [0.4, 0.5) is 5.13 Å². The highest BCUT2D eigenvalue weighted by atomic mass is 32.1. The minimum atomic E-state index is 0.488. The summed E-state index contributed by atoms with van der Waals surface area (Å²) in [6, 6.07) is 6.93. The van der Waals surface area contributed by atoms with Crippen molar-refractivity contribution in [2.45, 2.75) is 43.9 Å². The first kappa shape index (κ1) is 11.6. The minimum Gasteiger partial charge on any atom is -0.375 e. The number of nitrogens with zero attached hydrogens (tertiary/aromatic N) is 1. The molecule has 6 rings (SSSR count). The average Bonchev–Trinajstić information content (AvgIpc) is 2.76. The van der Waals surface area contributed by atoms with E-state index in [1.54, 1.807) is 16.9 Å². The molecule has 0 unspecified atom stereocenters. The summed E-state index contributed by atoms with van der Waals surface area (Å²) in [5, 5.41) is 0.697. The van der Waals surface area contributed by atoms with Gasteiger partial charge in [0.15, 0.2) is 5.13 Å². The van der Waals surface area contributed by atoms with Gasteiger partial charge in [0.05, 0.1) is 10.2 Å². The SMILES string of the molecule is Nc1nc2ccc(C34CC5CC(CC(C5)C3)C4)cc2s1. The predicted molar refractivity (Wildman–Crippen MR) is 83.9 cm³/mol. The molecule has 0 radical (unpaired) electrons. The first-order valence-electron chi connectivity index (χ1n) is 7.87. The molecule has 3 heteroatoms. The Hall–Kier alpha value is -1.09. The molecule has 4 aliphatic carbocycles. The van der Waals surface area contributed by atoms with Crippen molar-refractivity contribution >= 4 is 26.7 Å². The van der Waals surface area contributed by atoms with E-state index >= 15 is 0 Å². The molecule has 0 saturated heterocycles. The van der Waals surface area contributed by atoms with Gasteiger partial charge in [-0.05, 0) is 79.4 Å². The summed E-state index contributed by atoms with van der Waals surface area (Å²) in [4.78, 5) is 4.40. The van der Waals surface area contributed by atoms with Gasteiger partial charge in [-0.3, -0.25) is 0 Å². The van der Waals surface area contributed by atoms with Gasteiger partial charge in [0, 0.05) is 0 Å². The van der Waals surface area contributed by atoms with Gasteiger partial charge in [0.2, 0.25) is 0 Å². The summed E-state index contributed by atoms with van der Waals surface area (Å²) in [5.41, 5.74) is 8.99. The topological polar surface area (TPSA) is 38.9 Å². The van der Waals surface area contributed by atoms with E-state index in [0.717, 1.165) is 23.3 Å². The fraction of sp³-hybridized carbons (Fsp3) is 0.588. The highest BCUT2D eigenvalue weighted by molar-refractivity contribution is 7.22. The Bertz CT molecular complexity index is 652. The van der Waals surface area contributed by atoms with Gasteiger partial charge >= 0.3 is 0 Å². The lowest BCUT2D eigenvalue weighted by molar-refractivity contribution is -0.00512. The van der Waals surface area contributed by atoms with E-state index < -0.39 is 0 Å². The third-order valence-electron chi connectivity index (χ3n) is 6.06. The molecule has 0 aliphatic heterocycles. The van der Waals surface area contributed by atoms with E-state index in [-0.39, 0.29) is 0 Å². The van der Waals surface area contributed by atoms with Gasteiger partial charge in [-0.25, -0.2) is 4.98 Å². The number of nitrogen functional groups attached to an aromatic ring is 1. The fourth-order valence-electron chi connectivity index (χ4n) is 5.74. The molecule has 20 heavy (non-hydrogen) atoms. The van der Waals surface area contributed by atoms with Crippen molar-refractivity contribution in [3.8, 4) is 0 Å². The smallest absolute Gasteiger partial charge is 0.181 e. The molecule has 0 amide bonds. The molecule has 104 valence electrons. The van der Waals surface area contributed by atoms with Crippen LogP contribution in [0.15, 0.2) is 18.2 Å². The van der Waals surface area contributed by atoms with Crippen LogP contribution in [0.2, 0.25) is 0 Å². The Kier molecular flexibility index (Phi) is 2.17. The second kappa shape index (κ2) is 3.76. The maximum absolute atomic E-state index is 5.85. The number of thiazole rings is 1. The zero-order chi connectivity index (χ0) is 13.3. The van der Waals surface area contributed by atoms with Gasteiger partial charge in [-0.1, -0.05) is 17.4 Å². The zero-order valence-corrected chi connectivity index (χ0v) is 12.5. The largest absolute Gasteiger partial charge is 0.375 e. The van der Waals surface area contributed by atoms with Crippen LogP contribution in [0, 0.1) is 17.8 Å². The van der Waals surface area contributed by atoms with Gasteiger partial charge in [-0.15, -0.1) is 0 Å². The maximum Gasteiger partial charge on any atom is 0.181 e. The number of hydrogen-bond acceptors (Lipinski definition) is 3. The van der Waals surface area contributed by atoms with Crippen molar-refractivity contribution in [2.75, 3.05) is 5.73 Å². The van der Waals surface area contributed by atoms with Crippen LogP contribution in [0.3, 0.4) is 0 Å². The van der Waals surface area contributed by atoms with Crippen LogP contribution in [-0.2, 0) is 5.41 Å². The van der Waals surface area contributed by atoms with Crippen molar-refractivity contribution in [3.05, 3.63) is 23.8 Å². The van der Waals surface area contributed by atoms with E-state index in [1.165, 1.54) is 43.2 Å². The number of rotatable bonds is 1. The molecule has 1 heterocycles. The number of nitrogens with two attached hydrogens (primary N) is 1. The van der Waals surface area contributed by atoms with E-state index in [9.17, 15) is 0 Å². The summed E-state index contributed by atoms with van der Waals surface area (Å²) in [7, 11) is 0. The fourth-order valence-corrected chi connectivity index (χ4v) is 6.51. The average molecular weight is 284 g/mol. The van der Waals surface area contributed by atoms with E-state index in [0.29, 0.717) is 10.5 Å². The lowest BCUT2D eigenvalue weighted by atomic mass is 9.48. The third kappa shape index (κ3) is 1.53. The van der Waals surface area contributed by atoms with Crippen LogP contribution in [-0.4, -0.2) is 4.98 Å². The van der Waals surface area contributed by atoms with E-state index in [4.69, 9.17) is 5.73 Å². The molecule has 1 aromatic carbocycles. The standard InChI is InChI=1S/C17H20N2S/c18-16-19-14-2-1-13(6-15(14)20-16)17-7-10-3-11(8-17)5-12(4-10)9-17/h1-2,6,10-12H,3-5,7-9H2,(H2,18,19). The molecule has 4 bridgehead atoms. The summed E-state index contributed by atoms with van der Waals surface area (Å²) >= 11 is 1.64. The molecular weight excluding hydrogens is 264 g/mol. The number of hydrogen-bond donors (Lipinski definition) is 1. The van der Waals surface area contributed by atoms with Crippen LogP contribution in [0.5, 0.6) is 0 Å². The summed E-state index contributed by atoms with van der Waals surface area (Å²) in [6.07, 6.45) is 8.81. The number of benzene rings is 1. The van der Waals surface area contributed by atoms with Crippen LogP contribution in [0.1, 0.15) is 44.1 Å².